The van der Waals surface area contributed by atoms with Crippen LogP contribution in [0.4, 0.5) is 4.39 Å². The number of halogens is 1. The van der Waals surface area contributed by atoms with E-state index in [-0.39, 0.29) is 4.90 Å². The Labute approximate surface area is 152 Å². The minimum Gasteiger partial charge on any atom is -0.317 e. The van der Waals surface area contributed by atoms with Gasteiger partial charge >= 0.3 is 0 Å². The molecule has 0 spiro atoms. The highest BCUT2D eigenvalue weighted by molar-refractivity contribution is 7.90. The molecule has 1 aliphatic rings. The second-order valence-corrected chi connectivity index (χ2v) is 8.64. The van der Waals surface area contributed by atoms with Gasteiger partial charge in [-0.05, 0) is 74.2 Å². The van der Waals surface area contributed by atoms with Gasteiger partial charge < -0.3 is 5.32 Å². The van der Waals surface area contributed by atoms with Crippen LogP contribution in [0.5, 0.6) is 0 Å². The molecule has 0 unspecified atom stereocenters. The Bertz CT molecular complexity index is 1020. The largest absolute Gasteiger partial charge is 0.317 e. The van der Waals surface area contributed by atoms with Crippen LogP contribution in [0.25, 0.3) is 10.9 Å². The fourth-order valence-corrected chi connectivity index (χ4v) is 5.11. The summed E-state index contributed by atoms with van der Waals surface area (Å²) in [5.74, 6) is 0.0771. The van der Waals surface area contributed by atoms with Crippen LogP contribution in [0.2, 0.25) is 0 Å². The molecule has 1 N–H and O–H groups in total. The number of nitrogens with zero attached hydrogens (tertiary/aromatic N) is 1. The predicted octanol–water partition coefficient (Wildman–Crippen LogP) is 3.56. The molecule has 3 aromatic rings. The molecule has 0 saturated carbocycles. The van der Waals surface area contributed by atoms with Crippen LogP contribution < -0.4 is 5.32 Å². The van der Waals surface area contributed by atoms with Gasteiger partial charge in [-0.1, -0.05) is 18.2 Å². The van der Waals surface area contributed by atoms with Crippen LogP contribution >= 0.6 is 0 Å². The molecular formula is C20H21FN2O2S. The van der Waals surface area contributed by atoms with Gasteiger partial charge in [-0.3, -0.25) is 0 Å². The van der Waals surface area contributed by atoms with Crippen molar-refractivity contribution in [2.45, 2.75) is 24.2 Å². The summed E-state index contributed by atoms with van der Waals surface area (Å²) in [6.07, 6.45) is 4.62. The minimum absolute atomic E-state index is 0.203. The summed E-state index contributed by atoms with van der Waals surface area (Å²) in [6.45, 7) is 1.97. The van der Waals surface area contributed by atoms with Crippen LogP contribution in [-0.2, 0) is 16.4 Å². The van der Waals surface area contributed by atoms with E-state index in [0.29, 0.717) is 11.4 Å². The van der Waals surface area contributed by atoms with E-state index < -0.39 is 15.8 Å². The van der Waals surface area contributed by atoms with Crippen molar-refractivity contribution in [2.24, 2.45) is 5.92 Å². The van der Waals surface area contributed by atoms with Crippen LogP contribution in [0.1, 0.15) is 18.4 Å². The van der Waals surface area contributed by atoms with Crippen LogP contribution in [-0.4, -0.2) is 25.5 Å². The monoisotopic (exact) mass is 372 g/mol. The summed E-state index contributed by atoms with van der Waals surface area (Å²) in [4.78, 5) is 0.203. The van der Waals surface area contributed by atoms with Crippen molar-refractivity contribution in [3.8, 4) is 0 Å². The first-order valence-electron chi connectivity index (χ1n) is 8.86. The average Bonchev–Trinajstić information content (AvgIpc) is 3.01. The van der Waals surface area contributed by atoms with Gasteiger partial charge in [0.1, 0.15) is 5.82 Å². The molecule has 136 valence electrons. The van der Waals surface area contributed by atoms with Crippen molar-refractivity contribution in [2.75, 3.05) is 13.1 Å². The van der Waals surface area contributed by atoms with Gasteiger partial charge in [0.2, 0.25) is 0 Å². The zero-order chi connectivity index (χ0) is 18.1. The lowest BCUT2D eigenvalue weighted by Crippen LogP contribution is -2.28. The molecule has 6 heteroatoms. The number of benzene rings is 2. The van der Waals surface area contributed by atoms with Gasteiger partial charge in [0, 0.05) is 11.6 Å². The second kappa shape index (κ2) is 6.85. The fraction of sp³-hybridized carbons (Fsp3) is 0.300. The maximum atomic E-state index is 13.9. The second-order valence-electron chi connectivity index (χ2n) is 6.83. The molecule has 26 heavy (non-hydrogen) atoms. The van der Waals surface area contributed by atoms with E-state index in [2.05, 4.69) is 5.32 Å². The Morgan fingerprint density at radius 2 is 1.81 bits per heavy atom. The third-order valence-corrected chi connectivity index (χ3v) is 6.77. The Kier molecular flexibility index (Phi) is 4.54. The third-order valence-electron chi connectivity index (χ3n) is 5.08. The first kappa shape index (κ1) is 17.2. The van der Waals surface area contributed by atoms with Crippen molar-refractivity contribution in [3.05, 3.63) is 66.1 Å². The van der Waals surface area contributed by atoms with Gasteiger partial charge in [0.25, 0.3) is 10.0 Å². The van der Waals surface area contributed by atoms with E-state index in [9.17, 15) is 12.8 Å². The summed E-state index contributed by atoms with van der Waals surface area (Å²) in [7, 11) is -3.76. The SMILES string of the molecule is O=S(=O)(c1ccccc1)n1cc(CC2CCNCC2)c2ccc(F)cc21. The zero-order valence-electron chi connectivity index (χ0n) is 14.4. The molecular weight excluding hydrogens is 351 g/mol. The quantitative estimate of drug-likeness (QED) is 0.762. The van der Waals surface area contributed by atoms with Crippen LogP contribution in [0, 0.1) is 11.7 Å². The zero-order valence-corrected chi connectivity index (χ0v) is 15.2. The molecule has 0 atom stereocenters. The summed E-state index contributed by atoms with van der Waals surface area (Å²) in [5.41, 5.74) is 1.36. The summed E-state index contributed by atoms with van der Waals surface area (Å²) in [6, 6.07) is 12.7. The molecule has 2 heterocycles. The van der Waals surface area contributed by atoms with E-state index in [1.165, 1.54) is 16.1 Å². The van der Waals surface area contributed by atoms with Crippen molar-refractivity contribution < 1.29 is 12.8 Å². The van der Waals surface area contributed by atoms with Crippen molar-refractivity contribution >= 4 is 20.9 Å². The lowest BCUT2D eigenvalue weighted by molar-refractivity contribution is 0.373. The molecule has 4 rings (SSSR count). The number of piperidine rings is 1. The fourth-order valence-electron chi connectivity index (χ4n) is 3.70. The first-order valence-corrected chi connectivity index (χ1v) is 10.3. The third kappa shape index (κ3) is 3.15. The van der Waals surface area contributed by atoms with Crippen molar-refractivity contribution in [3.63, 3.8) is 0 Å². The highest BCUT2D eigenvalue weighted by Crippen LogP contribution is 2.30. The Balaban J connectivity index is 1.83. The normalized spacial score (nSPS) is 16.2. The molecule has 1 saturated heterocycles. The van der Waals surface area contributed by atoms with Crippen LogP contribution in [0.3, 0.4) is 0 Å². The van der Waals surface area contributed by atoms with Gasteiger partial charge in [-0.2, -0.15) is 0 Å². The van der Waals surface area contributed by atoms with E-state index >= 15 is 0 Å². The number of rotatable bonds is 4. The molecule has 1 fully saturated rings. The predicted molar refractivity (Wildman–Crippen MR) is 100 cm³/mol. The summed E-state index contributed by atoms with van der Waals surface area (Å²) in [5, 5.41) is 4.16. The number of aromatic nitrogens is 1. The molecule has 1 aliphatic heterocycles. The van der Waals surface area contributed by atoms with Gasteiger partial charge in [0.15, 0.2) is 0 Å². The average molecular weight is 372 g/mol. The topological polar surface area (TPSA) is 51.1 Å². The number of nitrogens with one attached hydrogen (secondary N) is 1. The van der Waals surface area contributed by atoms with Crippen LogP contribution in [0.15, 0.2) is 59.6 Å². The van der Waals surface area contributed by atoms with E-state index in [1.807, 2.05) is 0 Å². The Hall–Kier alpha value is -2.18. The minimum atomic E-state index is -3.76. The highest BCUT2D eigenvalue weighted by Gasteiger charge is 2.23. The lowest BCUT2D eigenvalue weighted by atomic mass is 9.91. The lowest BCUT2D eigenvalue weighted by Gasteiger charge is -2.22. The van der Waals surface area contributed by atoms with Crippen molar-refractivity contribution in [1.29, 1.82) is 0 Å². The number of hydrogen-bond acceptors (Lipinski definition) is 3. The maximum Gasteiger partial charge on any atom is 0.268 e. The smallest absolute Gasteiger partial charge is 0.268 e. The standard InChI is InChI=1S/C20H21FN2O2S/c21-17-6-7-19-16(12-15-8-10-22-11-9-15)14-23(20(19)13-17)26(24,25)18-4-2-1-3-5-18/h1-7,13-15,22H,8-12H2. The molecule has 0 aliphatic carbocycles. The molecule has 1 aromatic heterocycles. The maximum absolute atomic E-state index is 13.9. The molecule has 0 bridgehead atoms. The summed E-state index contributed by atoms with van der Waals surface area (Å²) < 4.78 is 41.3. The van der Waals surface area contributed by atoms with Gasteiger partial charge in [-0.25, -0.2) is 16.8 Å². The van der Waals surface area contributed by atoms with Crippen molar-refractivity contribution in [1.82, 2.24) is 9.29 Å². The summed E-state index contributed by atoms with van der Waals surface area (Å²) >= 11 is 0. The van der Waals surface area contributed by atoms with E-state index in [4.69, 9.17) is 0 Å². The molecule has 0 amide bonds. The molecule has 0 radical (unpaired) electrons. The van der Waals surface area contributed by atoms with Gasteiger partial charge in [0.05, 0.1) is 10.4 Å². The molecule has 4 nitrogen and oxygen atoms in total. The molecule has 2 aromatic carbocycles. The van der Waals surface area contributed by atoms with E-state index in [0.717, 1.165) is 43.3 Å². The highest BCUT2D eigenvalue weighted by atomic mass is 32.2. The first-order chi connectivity index (χ1) is 12.6. The number of hydrogen-bond donors (Lipinski definition) is 1. The van der Waals surface area contributed by atoms with E-state index in [1.54, 1.807) is 42.6 Å². The van der Waals surface area contributed by atoms with Gasteiger partial charge in [-0.15, -0.1) is 0 Å². The number of fused-ring (bicyclic) bond motifs is 1. The Morgan fingerprint density at radius 1 is 1.08 bits per heavy atom. The Morgan fingerprint density at radius 3 is 2.54 bits per heavy atom.